The molecule has 0 aliphatic heterocycles. The molecule has 0 aromatic carbocycles. The van der Waals surface area contributed by atoms with Crippen LogP contribution in [-0.4, -0.2) is 22.6 Å². The van der Waals surface area contributed by atoms with E-state index in [2.05, 4.69) is 25.8 Å². The molecule has 0 aliphatic carbocycles. The second kappa shape index (κ2) is 8.76. The molecule has 1 atom stereocenters. The van der Waals surface area contributed by atoms with Crippen molar-refractivity contribution in [1.82, 2.24) is 20.8 Å². The molecular formula is C14H22IN5O2. The predicted octanol–water partition coefficient (Wildman–Crippen LogP) is 2.71. The van der Waals surface area contributed by atoms with Crippen LogP contribution in [0, 0.1) is 13.8 Å². The van der Waals surface area contributed by atoms with Gasteiger partial charge in [-0.1, -0.05) is 5.16 Å². The van der Waals surface area contributed by atoms with Crippen molar-refractivity contribution in [3.63, 3.8) is 0 Å². The molecule has 0 saturated heterocycles. The highest BCUT2D eigenvalue weighted by Gasteiger charge is 2.11. The number of furan rings is 1. The van der Waals surface area contributed by atoms with E-state index in [1.807, 2.05) is 32.9 Å². The highest BCUT2D eigenvalue weighted by Crippen LogP contribution is 2.15. The molecule has 2 heterocycles. The normalized spacial score (nSPS) is 12.6. The summed E-state index contributed by atoms with van der Waals surface area (Å²) in [6, 6.07) is 3.92. The molecule has 0 aliphatic rings. The first kappa shape index (κ1) is 18.5. The van der Waals surface area contributed by atoms with Crippen LogP contribution < -0.4 is 10.6 Å². The van der Waals surface area contributed by atoms with E-state index in [4.69, 9.17) is 8.94 Å². The average Bonchev–Trinajstić information content (AvgIpc) is 3.05. The van der Waals surface area contributed by atoms with Gasteiger partial charge in [0, 0.05) is 13.5 Å². The molecule has 22 heavy (non-hydrogen) atoms. The lowest BCUT2D eigenvalue weighted by molar-refractivity contribution is 0.387. The smallest absolute Gasteiger partial charge is 0.223 e. The van der Waals surface area contributed by atoms with E-state index in [1.54, 1.807) is 6.92 Å². The monoisotopic (exact) mass is 419 g/mol. The number of aliphatic imine (C=N–C) groups is 1. The third kappa shape index (κ3) is 5.32. The van der Waals surface area contributed by atoms with Gasteiger partial charge in [0.25, 0.3) is 0 Å². The van der Waals surface area contributed by atoms with Gasteiger partial charge in [-0.15, -0.1) is 24.0 Å². The molecular weight excluding hydrogens is 397 g/mol. The zero-order valence-corrected chi connectivity index (χ0v) is 15.5. The van der Waals surface area contributed by atoms with Gasteiger partial charge in [0.1, 0.15) is 18.1 Å². The first-order chi connectivity index (χ1) is 10.1. The van der Waals surface area contributed by atoms with Crippen LogP contribution in [0.4, 0.5) is 0 Å². The minimum atomic E-state index is 0. The fourth-order valence-electron chi connectivity index (χ4n) is 1.84. The summed E-state index contributed by atoms with van der Waals surface area (Å²) < 4.78 is 10.5. The number of guanidine groups is 1. The van der Waals surface area contributed by atoms with Gasteiger partial charge < -0.3 is 19.6 Å². The molecule has 0 amide bonds. The summed E-state index contributed by atoms with van der Waals surface area (Å²) >= 11 is 0. The molecule has 0 fully saturated rings. The van der Waals surface area contributed by atoms with Crippen molar-refractivity contribution in [2.24, 2.45) is 4.99 Å². The molecule has 0 spiro atoms. The van der Waals surface area contributed by atoms with Crippen LogP contribution >= 0.6 is 24.0 Å². The van der Waals surface area contributed by atoms with E-state index in [0.717, 1.165) is 18.1 Å². The molecule has 0 radical (unpaired) electrons. The zero-order valence-electron chi connectivity index (χ0n) is 13.2. The maximum atomic E-state index is 5.61. The third-order valence-corrected chi connectivity index (χ3v) is 2.83. The van der Waals surface area contributed by atoms with Crippen molar-refractivity contribution >= 4 is 29.9 Å². The molecule has 2 aromatic heterocycles. The first-order valence-electron chi connectivity index (χ1n) is 6.99. The average molecular weight is 419 g/mol. The van der Waals surface area contributed by atoms with Crippen LogP contribution in [0.1, 0.15) is 43.1 Å². The van der Waals surface area contributed by atoms with Crippen molar-refractivity contribution in [2.45, 2.75) is 40.3 Å². The van der Waals surface area contributed by atoms with E-state index < -0.39 is 0 Å². The molecule has 1 unspecified atom stereocenters. The Labute approximate surface area is 147 Å². The zero-order chi connectivity index (χ0) is 15.2. The van der Waals surface area contributed by atoms with Crippen molar-refractivity contribution in [1.29, 1.82) is 0 Å². The molecule has 122 valence electrons. The van der Waals surface area contributed by atoms with Gasteiger partial charge in [0.05, 0.1) is 6.04 Å². The van der Waals surface area contributed by atoms with Crippen LogP contribution in [0.5, 0.6) is 0 Å². The molecule has 0 bridgehead atoms. The Hall–Kier alpha value is -1.58. The lowest BCUT2D eigenvalue weighted by Gasteiger charge is -2.15. The number of hydrogen-bond acceptors (Lipinski definition) is 5. The van der Waals surface area contributed by atoms with Crippen molar-refractivity contribution in [3.05, 3.63) is 35.4 Å². The Bertz CT molecular complexity index is 608. The second-order valence-corrected chi connectivity index (χ2v) is 4.74. The number of aromatic nitrogens is 2. The molecule has 7 nitrogen and oxygen atoms in total. The molecule has 0 saturated carbocycles. The summed E-state index contributed by atoms with van der Waals surface area (Å²) in [6.07, 6.45) is 0. The van der Waals surface area contributed by atoms with Gasteiger partial charge in [-0.3, -0.25) is 0 Å². The number of nitrogens with zero attached hydrogens (tertiary/aromatic N) is 3. The minimum Gasteiger partial charge on any atom is -0.464 e. The van der Waals surface area contributed by atoms with Crippen molar-refractivity contribution in [2.75, 3.05) is 6.54 Å². The Balaban J connectivity index is 0.00000242. The summed E-state index contributed by atoms with van der Waals surface area (Å²) in [4.78, 5) is 8.56. The lowest BCUT2D eigenvalue weighted by atomic mass is 10.2. The topological polar surface area (TPSA) is 88.5 Å². The summed E-state index contributed by atoms with van der Waals surface area (Å²) in [5.41, 5.74) is 0. The summed E-state index contributed by atoms with van der Waals surface area (Å²) in [5.74, 6) is 3.54. The molecule has 2 N–H and O–H groups in total. The second-order valence-electron chi connectivity index (χ2n) is 4.74. The molecule has 2 rings (SSSR count). The Morgan fingerprint density at radius 2 is 2.14 bits per heavy atom. The van der Waals surface area contributed by atoms with E-state index in [-0.39, 0.29) is 30.0 Å². The van der Waals surface area contributed by atoms with Crippen LogP contribution in [-0.2, 0) is 6.54 Å². The maximum Gasteiger partial charge on any atom is 0.223 e. The van der Waals surface area contributed by atoms with E-state index in [1.165, 1.54) is 0 Å². The highest BCUT2D eigenvalue weighted by atomic mass is 127. The number of rotatable bonds is 5. The standard InChI is InChI=1S/C14H21N5O2.HI/c1-5-15-14(16-8-13-18-11(4)21-19-13)17-10(3)12-7-6-9(2)20-12;/h6-7,10H,5,8H2,1-4H3,(H2,15,16,17);1H. The van der Waals surface area contributed by atoms with Crippen molar-refractivity contribution < 1.29 is 8.94 Å². The van der Waals surface area contributed by atoms with E-state index >= 15 is 0 Å². The van der Waals surface area contributed by atoms with E-state index in [0.29, 0.717) is 24.2 Å². The Morgan fingerprint density at radius 3 is 2.68 bits per heavy atom. The van der Waals surface area contributed by atoms with Gasteiger partial charge in [0.2, 0.25) is 5.89 Å². The predicted molar refractivity (Wildman–Crippen MR) is 94.3 cm³/mol. The van der Waals surface area contributed by atoms with Crippen LogP contribution in [0.2, 0.25) is 0 Å². The van der Waals surface area contributed by atoms with Gasteiger partial charge in [0.15, 0.2) is 11.8 Å². The summed E-state index contributed by atoms with van der Waals surface area (Å²) in [5, 5.41) is 10.3. The first-order valence-corrected chi connectivity index (χ1v) is 6.99. The number of aryl methyl sites for hydroxylation is 2. The lowest BCUT2D eigenvalue weighted by Crippen LogP contribution is -2.38. The molecule has 8 heteroatoms. The fraction of sp³-hybridized carbons (Fsp3) is 0.500. The maximum absolute atomic E-state index is 5.61. The number of halogens is 1. The molecule has 2 aromatic rings. The van der Waals surface area contributed by atoms with Gasteiger partial charge in [-0.2, -0.15) is 4.98 Å². The van der Waals surface area contributed by atoms with Crippen LogP contribution in [0.15, 0.2) is 26.1 Å². The van der Waals surface area contributed by atoms with Crippen LogP contribution in [0.25, 0.3) is 0 Å². The minimum absolute atomic E-state index is 0. The van der Waals surface area contributed by atoms with Gasteiger partial charge >= 0.3 is 0 Å². The number of hydrogen-bond donors (Lipinski definition) is 2. The third-order valence-electron chi connectivity index (χ3n) is 2.83. The Morgan fingerprint density at radius 1 is 1.36 bits per heavy atom. The van der Waals surface area contributed by atoms with Gasteiger partial charge in [-0.25, -0.2) is 4.99 Å². The van der Waals surface area contributed by atoms with E-state index in [9.17, 15) is 0 Å². The summed E-state index contributed by atoms with van der Waals surface area (Å²) in [6.45, 7) is 8.83. The van der Waals surface area contributed by atoms with Crippen molar-refractivity contribution in [3.8, 4) is 0 Å². The largest absolute Gasteiger partial charge is 0.464 e. The SMILES string of the molecule is CCNC(=NCc1noc(C)n1)NC(C)c1ccc(C)o1.I. The number of nitrogens with one attached hydrogen (secondary N) is 2. The van der Waals surface area contributed by atoms with Crippen LogP contribution in [0.3, 0.4) is 0 Å². The van der Waals surface area contributed by atoms with Gasteiger partial charge in [-0.05, 0) is 32.9 Å². The highest BCUT2D eigenvalue weighted by molar-refractivity contribution is 14.0. The quantitative estimate of drug-likeness (QED) is 0.440. The fourth-order valence-corrected chi connectivity index (χ4v) is 1.84. The summed E-state index contributed by atoms with van der Waals surface area (Å²) in [7, 11) is 0. The Kier molecular flexibility index (Phi) is 7.36.